The Labute approximate surface area is 124 Å². The van der Waals surface area contributed by atoms with E-state index in [2.05, 4.69) is 0 Å². The van der Waals surface area contributed by atoms with Crippen LogP contribution in [0.5, 0.6) is 0 Å². The fraction of sp³-hybridized carbons (Fsp3) is 0.0588. The summed E-state index contributed by atoms with van der Waals surface area (Å²) in [5.74, 6) is 0. The van der Waals surface area contributed by atoms with Gasteiger partial charge in [0.2, 0.25) is 0 Å². The molecule has 3 rings (SSSR count). The highest BCUT2D eigenvalue weighted by atomic mass is 32.2. The van der Waals surface area contributed by atoms with E-state index in [0.29, 0.717) is 4.90 Å². The van der Waals surface area contributed by atoms with Crippen molar-refractivity contribution in [2.45, 2.75) is 4.90 Å². The lowest BCUT2D eigenvalue weighted by Gasteiger charge is -2.09. The smallest absolute Gasteiger partial charge is 0.175 e. The van der Waals surface area contributed by atoms with Gasteiger partial charge in [-0.1, -0.05) is 42.5 Å². The summed E-state index contributed by atoms with van der Waals surface area (Å²) in [6.45, 7) is 0. The molecule has 0 radical (unpaired) electrons. The second kappa shape index (κ2) is 4.90. The van der Waals surface area contributed by atoms with Crippen molar-refractivity contribution in [1.82, 2.24) is 0 Å². The van der Waals surface area contributed by atoms with Crippen LogP contribution in [-0.4, -0.2) is 14.7 Å². The van der Waals surface area contributed by atoms with Crippen molar-refractivity contribution in [2.24, 2.45) is 0 Å². The first-order chi connectivity index (χ1) is 9.97. The molecule has 0 fully saturated rings. The summed E-state index contributed by atoms with van der Waals surface area (Å²) < 4.78 is 23.0. The maximum atomic E-state index is 11.5. The quantitative estimate of drug-likeness (QED) is 0.736. The third-order valence-corrected chi connectivity index (χ3v) is 4.68. The molecule has 0 amide bonds. The molecule has 0 bridgehead atoms. The first-order valence-corrected chi connectivity index (χ1v) is 8.44. The summed E-state index contributed by atoms with van der Waals surface area (Å²) in [5, 5.41) is 2.06. The van der Waals surface area contributed by atoms with Gasteiger partial charge >= 0.3 is 0 Å². The molecule has 21 heavy (non-hydrogen) atoms. The monoisotopic (exact) mass is 297 g/mol. The highest BCUT2D eigenvalue weighted by Crippen LogP contribution is 2.31. The third kappa shape index (κ3) is 2.50. The number of fused-ring (bicyclic) bond motifs is 1. The fourth-order valence-corrected chi connectivity index (χ4v) is 3.10. The van der Waals surface area contributed by atoms with Gasteiger partial charge in [-0.25, -0.2) is 8.42 Å². The Kier molecular flexibility index (Phi) is 3.18. The van der Waals surface area contributed by atoms with Crippen molar-refractivity contribution in [3.63, 3.8) is 0 Å². The number of anilines is 1. The summed E-state index contributed by atoms with van der Waals surface area (Å²) in [6.07, 6.45) is 1.21. The number of rotatable bonds is 2. The predicted octanol–water partition coefficient (Wildman–Crippen LogP) is 3.49. The van der Waals surface area contributed by atoms with E-state index in [0.717, 1.165) is 27.6 Å². The van der Waals surface area contributed by atoms with Crippen LogP contribution in [0.15, 0.2) is 65.6 Å². The summed E-state index contributed by atoms with van der Waals surface area (Å²) in [6, 6.07) is 18.7. The number of nitrogens with two attached hydrogens (primary N) is 1. The third-order valence-electron chi connectivity index (χ3n) is 3.55. The number of benzene rings is 3. The van der Waals surface area contributed by atoms with Crippen LogP contribution >= 0.6 is 0 Å². The molecular formula is C17H15NO2S. The summed E-state index contributed by atoms with van der Waals surface area (Å²) in [5.41, 5.74) is 8.76. The van der Waals surface area contributed by atoms with Gasteiger partial charge in [0.05, 0.1) is 4.90 Å². The molecule has 106 valence electrons. The summed E-state index contributed by atoms with van der Waals surface area (Å²) in [7, 11) is -3.17. The second-order valence-corrected chi connectivity index (χ2v) is 7.06. The van der Waals surface area contributed by atoms with Crippen LogP contribution in [0.2, 0.25) is 0 Å². The highest BCUT2D eigenvalue weighted by molar-refractivity contribution is 7.90. The fourth-order valence-electron chi connectivity index (χ4n) is 2.47. The van der Waals surface area contributed by atoms with E-state index in [1.807, 2.05) is 48.5 Å². The molecule has 0 aromatic heterocycles. The normalized spacial score (nSPS) is 11.7. The van der Waals surface area contributed by atoms with Crippen molar-refractivity contribution in [2.75, 3.05) is 12.0 Å². The standard InChI is InChI=1S/C17H15NO2S/c1-21(19,20)13-10-8-12(9-11-13)14-4-2-6-16-15(14)5-3-7-17(16)18/h2-11H,18H2,1H3. The maximum absolute atomic E-state index is 11.5. The lowest BCUT2D eigenvalue weighted by Crippen LogP contribution is -1.96. The van der Waals surface area contributed by atoms with Crippen molar-refractivity contribution < 1.29 is 8.42 Å². The predicted molar refractivity (Wildman–Crippen MR) is 86.9 cm³/mol. The first kappa shape index (κ1) is 13.6. The Balaban J connectivity index is 2.19. The van der Waals surface area contributed by atoms with E-state index >= 15 is 0 Å². The van der Waals surface area contributed by atoms with Gasteiger partial charge in [-0.05, 0) is 34.7 Å². The largest absolute Gasteiger partial charge is 0.398 e. The van der Waals surface area contributed by atoms with Crippen LogP contribution in [0.3, 0.4) is 0 Å². The molecule has 4 heteroatoms. The number of nitrogen functional groups attached to an aromatic ring is 1. The minimum absolute atomic E-state index is 0.325. The van der Waals surface area contributed by atoms with Crippen LogP contribution in [0, 0.1) is 0 Å². The molecule has 3 nitrogen and oxygen atoms in total. The number of hydrogen-bond acceptors (Lipinski definition) is 3. The molecule has 0 aliphatic carbocycles. The zero-order valence-electron chi connectivity index (χ0n) is 11.6. The highest BCUT2D eigenvalue weighted by Gasteiger charge is 2.09. The molecule has 0 spiro atoms. The molecule has 3 aromatic rings. The van der Waals surface area contributed by atoms with Gasteiger partial charge in [-0.3, -0.25) is 0 Å². The van der Waals surface area contributed by atoms with Gasteiger partial charge in [-0.2, -0.15) is 0 Å². The van der Waals surface area contributed by atoms with Crippen LogP contribution in [0.25, 0.3) is 21.9 Å². The van der Waals surface area contributed by atoms with Gasteiger partial charge in [0.1, 0.15) is 0 Å². The van der Waals surface area contributed by atoms with Gasteiger partial charge in [0.25, 0.3) is 0 Å². The SMILES string of the molecule is CS(=O)(=O)c1ccc(-c2cccc3c(N)cccc23)cc1. The minimum Gasteiger partial charge on any atom is -0.398 e. The molecule has 0 saturated carbocycles. The molecule has 3 aromatic carbocycles. The summed E-state index contributed by atoms with van der Waals surface area (Å²) in [4.78, 5) is 0.325. The van der Waals surface area contributed by atoms with E-state index in [1.54, 1.807) is 12.1 Å². The van der Waals surface area contributed by atoms with Crippen LogP contribution in [0.4, 0.5) is 5.69 Å². The molecular weight excluding hydrogens is 282 g/mol. The lowest BCUT2D eigenvalue weighted by molar-refractivity contribution is 0.602. The minimum atomic E-state index is -3.17. The molecule has 0 saturated heterocycles. The Bertz CT molecular complexity index is 913. The molecule has 0 atom stereocenters. The maximum Gasteiger partial charge on any atom is 0.175 e. The first-order valence-electron chi connectivity index (χ1n) is 6.54. The zero-order chi connectivity index (χ0) is 15.0. The number of hydrogen-bond donors (Lipinski definition) is 1. The lowest BCUT2D eigenvalue weighted by atomic mass is 9.98. The molecule has 2 N–H and O–H groups in total. The number of sulfone groups is 1. The Morgan fingerprint density at radius 2 is 1.43 bits per heavy atom. The van der Waals surface area contributed by atoms with Crippen molar-refractivity contribution in [1.29, 1.82) is 0 Å². The van der Waals surface area contributed by atoms with E-state index in [1.165, 1.54) is 6.26 Å². The van der Waals surface area contributed by atoms with Gasteiger partial charge in [-0.15, -0.1) is 0 Å². The van der Waals surface area contributed by atoms with E-state index in [-0.39, 0.29) is 0 Å². The van der Waals surface area contributed by atoms with Crippen LogP contribution < -0.4 is 5.73 Å². The van der Waals surface area contributed by atoms with Crippen LogP contribution in [-0.2, 0) is 9.84 Å². The van der Waals surface area contributed by atoms with Gasteiger partial charge in [0.15, 0.2) is 9.84 Å². The van der Waals surface area contributed by atoms with Gasteiger partial charge < -0.3 is 5.73 Å². The zero-order valence-corrected chi connectivity index (χ0v) is 12.4. The van der Waals surface area contributed by atoms with E-state index < -0.39 is 9.84 Å². The Morgan fingerprint density at radius 3 is 2.10 bits per heavy atom. The van der Waals surface area contributed by atoms with Crippen molar-refractivity contribution >= 4 is 26.3 Å². The molecule has 0 aliphatic rings. The van der Waals surface area contributed by atoms with Crippen LogP contribution in [0.1, 0.15) is 0 Å². The topological polar surface area (TPSA) is 60.2 Å². The van der Waals surface area contributed by atoms with Crippen molar-refractivity contribution in [3.8, 4) is 11.1 Å². The van der Waals surface area contributed by atoms with Gasteiger partial charge in [0, 0.05) is 17.3 Å². The van der Waals surface area contributed by atoms with E-state index in [9.17, 15) is 8.42 Å². The molecule has 0 unspecified atom stereocenters. The summed E-state index contributed by atoms with van der Waals surface area (Å²) >= 11 is 0. The molecule has 0 heterocycles. The average Bonchev–Trinajstić information content (AvgIpc) is 2.46. The van der Waals surface area contributed by atoms with E-state index in [4.69, 9.17) is 5.73 Å². The van der Waals surface area contributed by atoms with Crippen molar-refractivity contribution in [3.05, 3.63) is 60.7 Å². The molecule has 0 aliphatic heterocycles. The Hall–Kier alpha value is -2.33. The second-order valence-electron chi connectivity index (χ2n) is 5.04. The Morgan fingerprint density at radius 1 is 0.810 bits per heavy atom. The average molecular weight is 297 g/mol.